The van der Waals surface area contributed by atoms with Crippen LogP contribution < -0.4 is 23.8 Å². The summed E-state index contributed by atoms with van der Waals surface area (Å²) >= 11 is 6.33. The van der Waals surface area contributed by atoms with Crippen LogP contribution in [0.3, 0.4) is 0 Å². The number of carbonyl (C=O) groups is 1. The minimum absolute atomic E-state index is 0.00273. The number of phosphoric ester groups is 1. The SMILES string of the molecule is COc1cc2cc(C(=O)N3CC(CCl)c4c3cc([N+](=O)[O-])c3cc(S(=O)(=O)NCCOP(=O)(O)O)ccc43)[nH]c2c(OC)c1OC. The lowest BCUT2D eigenvalue weighted by molar-refractivity contribution is -0.383. The number of methoxy groups -OCH3 is 3. The zero-order valence-corrected chi connectivity index (χ0v) is 26.9. The minimum atomic E-state index is -4.80. The van der Waals surface area contributed by atoms with Gasteiger partial charge in [-0.3, -0.25) is 19.4 Å². The summed E-state index contributed by atoms with van der Waals surface area (Å²) < 4.78 is 59.4. The third kappa shape index (κ3) is 6.10. The van der Waals surface area contributed by atoms with Gasteiger partial charge in [-0.1, -0.05) is 6.07 Å². The normalized spacial score (nSPS) is 14.9. The summed E-state index contributed by atoms with van der Waals surface area (Å²) in [5.41, 5.74) is 0.961. The van der Waals surface area contributed by atoms with E-state index in [0.717, 1.165) is 6.07 Å². The Morgan fingerprint density at radius 1 is 1.13 bits per heavy atom. The number of H-pyrrole nitrogens is 1. The van der Waals surface area contributed by atoms with Crippen molar-refractivity contribution in [2.75, 3.05) is 51.8 Å². The number of nitrogens with zero attached hydrogens (tertiary/aromatic N) is 2. The third-order valence-electron chi connectivity index (χ3n) is 7.45. The standard InChI is InChI=1S/C27H28ClN4O12PS/c1-41-22-9-14-8-19(30-24(14)26(43-3)25(22)42-2)27(33)31-13-15(12-28)23-17-5-4-16(10-18(17)20(32(34)35)11-21(23)31)46(39,40)29-6-7-44-45(36,37)38/h4-5,8-11,15,29-30H,6-7,12-13H2,1-3H3,(H2,36,37,38). The van der Waals surface area contributed by atoms with Gasteiger partial charge in [0.1, 0.15) is 5.69 Å². The highest BCUT2D eigenvalue weighted by molar-refractivity contribution is 7.89. The topological polar surface area (TPSA) is 220 Å². The summed E-state index contributed by atoms with van der Waals surface area (Å²) in [5.74, 6) is 0.118. The van der Waals surface area contributed by atoms with E-state index in [-0.39, 0.29) is 34.1 Å². The van der Waals surface area contributed by atoms with E-state index in [9.17, 15) is 27.9 Å². The van der Waals surface area contributed by atoms with Crippen molar-refractivity contribution >= 4 is 68.4 Å². The second-order valence-corrected chi connectivity index (χ2v) is 13.4. The molecule has 0 bridgehead atoms. The number of nitro benzene ring substituents is 1. The zero-order valence-electron chi connectivity index (χ0n) is 24.5. The number of aromatic nitrogens is 1. The van der Waals surface area contributed by atoms with Crippen molar-refractivity contribution in [1.29, 1.82) is 0 Å². The van der Waals surface area contributed by atoms with Crippen molar-refractivity contribution in [3.8, 4) is 17.2 Å². The van der Waals surface area contributed by atoms with Crippen LogP contribution in [0.4, 0.5) is 11.4 Å². The first-order chi connectivity index (χ1) is 21.7. The van der Waals surface area contributed by atoms with E-state index in [1.54, 1.807) is 12.1 Å². The molecule has 0 saturated carbocycles. The number of halogens is 1. The van der Waals surface area contributed by atoms with E-state index in [1.807, 2.05) is 0 Å². The number of hydrogen-bond donors (Lipinski definition) is 4. The Hall–Kier alpha value is -3.96. The van der Waals surface area contributed by atoms with Crippen molar-refractivity contribution in [2.24, 2.45) is 0 Å². The molecule has 0 spiro atoms. The van der Waals surface area contributed by atoms with Crippen LogP contribution in [0.5, 0.6) is 17.2 Å². The maximum Gasteiger partial charge on any atom is 0.469 e. The van der Waals surface area contributed by atoms with Gasteiger partial charge in [-0.05, 0) is 35.2 Å². The molecule has 0 saturated heterocycles. The number of hydrogen-bond acceptors (Lipinski definition) is 10. The molecule has 0 radical (unpaired) electrons. The van der Waals surface area contributed by atoms with Crippen LogP contribution in [0.15, 0.2) is 41.3 Å². The molecule has 0 fully saturated rings. The molecule has 0 aliphatic carbocycles. The van der Waals surface area contributed by atoms with Crippen molar-refractivity contribution in [1.82, 2.24) is 9.71 Å². The fourth-order valence-electron chi connectivity index (χ4n) is 5.52. The first-order valence-electron chi connectivity index (χ1n) is 13.4. The number of rotatable bonds is 12. The maximum absolute atomic E-state index is 14.0. The molecule has 1 aromatic heterocycles. The molecule has 1 aliphatic rings. The van der Waals surface area contributed by atoms with Gasteiger partial charge in [0.25, 0.3) is 11.6 Å². The van der Waals surface area contributed by atoms with Crippen LogP contribution in [-0.4, -0.2) is 80.9 Å². The summed E-state index contributed by atoms with van der Waals surface area (Å²) in [4.78, 5) is 47.3. The van der Waals surface area contributed by atoms with Gasteiger partial charge in [-0.2, -0.15) is 0 Å². The van der Waals surface area contributed by atoms with Gasteiger partial charge in [0.15, 0.2) is 11.5 Å². The molecule has 2 heterocycles. The van der Waals surface area contributed by atoms with E-state index in [4.69, 9.17) is 35.6 Å². The number of non-ortho nitro benzene ring substituents is 1. The van der Waals surface area contributed by atoms with Crippen LogP contribution in [0.2, 0.25) is 0 Å². The lowest BCUT2D eigenvalue weighted by atomic mass is 9.95. The van der Waals surface area contributed by atoms with Crippen LogP contribution in [0.25, 0.3) is 21.7 Å². The Labute approximate surface area is 266 Å². The highest BCUT2D eigenvalue weighted by Gasteiger charge is 2.37. The number of alkyl halides is 1. The molecule has 16 nitrogen and oxygen atoms in total. The van der Waals surface area contributed by atoms with Crippen LogP contribution in [0.1, 0.15) is 22.0 Å². The molecule has 4 aromatic rings. The number of aromatic amines is 1. The Balaban J connectivity index is 1.57. The fraction of sp³-hybridized carbons (Fsp3) is 0.296. The number of nitro groups is 1. The highest BCUT2D eigenvalue weighted by atomic mass is 35.5. The first-order valence-corrected chi connectivity index (χ1v) is 16.9. The Morgan fingerprint density at radius 3 is 2.46 bits per heavy atom. The summed E-state index contributed by atoms with van der Waals surface area (Å²) in [5, 5.41) is 13.2. The summed E-state index contributed by atoms with van der Waals surface area (Å²) in [6, 6.07) is 8.25. The predicted octanol–water partition coefficient (Wildman–Crippen LogP) is 3.63. The molecule has 1 aliphatic heterocycles. The monoisotopic (exact) mass is 698 g/mol. The fourth-order valence-corrected chi connectivity index (χ4v) is 7.14. The van der Waals surface area contributed by atoms with Gasteiger partial charge in [-0.25, -0.2) is 17.7 Å². The molecule has 246 valence electrons. The van der Waals surface area contributed by atoms with Crippen LogP contribution in [-0.2, 0) is 19.1 Å². The number of carbonyl (C=O) groups excluding carboxylic acids is 1. The Morgan fingerprint density at radius 2 is 1.85 bits per heavy atom. The van der Waals surface area contributed by atoms with E-state index in [1.165, 1.54) is 44.4 Å². The Kier molecular flexibility index (Phi) is 9.21. The quantitative estimate of drug-likeness (QED) is 0.0548. The van der Waals surface area contributed by atoms with E-state index in [2.05, 4.69) is 14.2 Å². The number of fused-ring (bicyclic) bond motifs is 4. The maximum atomic E-state index is 14.0. The average molecular weight is 699 g/mol. The van der Waals surface area contributed by atoms with E-state index >= 15 is 0 Å². The van der Waals surface area contributed by atoms with Crippen molar-refractivity contribution in [2.45, 2.75) is 10.8 Å². The van der Waals surface area contributed by atoms with Gasteiger partial charge in [-0.15, -0.1) is 11.6 Å². The molecular formula is C27H28ClN4O12PS. The molecule has 5 rings (SSSR count). The van der Waals surface area contributed by atoms with Gasteiger partial charge in [0.05, 0.1) is 54.3 Å². The van der Waals surface area contributed by atoms with Gasteiger partial charge >= 0.3 is 7.82 Å². The van der Waals surface area contributed by atoms with Crippen molar-refractivity contribution in [3.05, 3.63) is 57.8 Å². The van der Waals surface area contributed by atoms with Crippen LogP contribution >= 0.6 is 19.4 Å². The number of benzene rings is 3. The number of sulfonamides is 1. The second kappa shape index (κ2) is 12.7. The molecular weight excluding hydrogens is 671 g/mol. The molecule has 1 unspecified atom stereocenters. The molecule has 4 N–H and O–H groups in total. The lowest BCUT2D eigenvalue weighted by Crippen LogP contribution is -2.30. The summed E-state index contributed by atoms with van der Waals surface area (Å²) in [6.07, 6.45) is 0. The molecule has 19 heteroatoms. The Bertz CT molecular complexity index is 2030. The zero-order chi connectivity index (χ0) is 33.6. The largest absolute Gasteiger partial charge is 0.493 e. The molecule has 46 heavy (non-hydrogen) atoms. The smallest absolute Gasteiger partial charge is 0.469 e. The number of amides is 1. The third-order valence-corrected chi connectivity index (χ3v) is 9.80. The number of ether oxygens (including phenoxy) is 3. The predicted molar refractivity (Wildman–Crippen MR) is 167 cm³/mol. The molecule has 1 atom stereocenters. The first kappa shape index (κ1) is 33.4. The van der Waals surface area contributed by atoms with Crippen molar-refractivity contribution < 1.29 is 51.2 Å². The number of phosphoric acid groups is 1. The number of nitrogens with one attached hydrogen (secondary N) is 2. The van der Waals surface area contributed by atoms with E-state index in [0.29, 0.717) is 39.1 Å². The minimum Gasteiger partial charge on any atom is -0.493 e. The van der Waals surface area contributed by atoms with Gasteiger partial charge in [0, 0.05) is 36.3 Å². The molecule has 1 amide bonds. The van der Waals surface area contributed by atoms with Gasteiger partial charge < -0.3 is 33.9 Å². The number of anilines is 1. The van der Waals surface area contributed by atoms with Crippen molar-refractivity contribution in [3.63, 3.8) is 0 Å². The van der Waals surface area contributed by atoms with Crippen LogP contribution in [0, 0.1) is 10.1 Å². The highest BCUT2D eigenvalue weighted by Crippen LogP contribution is 2.47. The second-order valence-electron chi connectivity index (χ2n) is 10.1. The lowest BCUT2D eigenvalue weighted by Gasteiger charge is -2.17. The van der Waals surface area contributed by atoms with Gasteiger partial charge in [0.2, 0.25) is 15.8 Å². The van der Waals surface area contributed by atoms with E-state index < -0.39 is 53.4 Å². The molecule has 3 aromatic carbocycles. The summed E-state index contributed by atoms with van der Waals surface area (Å²) in [7, 11) is -4.71. The summed E-state index contributed by atoms with van der Waals surface area (Å²) in [6.45, 7) is -0.993. The average Bonchev–Trinajstić information content (AvgIpc) is 3.62.